The van der Waals surface area contributed by atoms with Crippen molar-refractivity contribution in [1.82, 2.24) is 10.0 Å². The van der Waals surface area contributed by atoms with Crippen LogP contribution in [0.25, 0.3) is 0 Å². The average Bonchev–Trinajstić information content (AvgIpc) is 2.74. The summed E-state index contributed by atoms with van der Waals surface area (Å²) in [5.41, 5.74) is 0.693. The van der Waals surface area contributed by atoms with Gasteiger partial charge in [0.1, 0.15) is 11.8 Å². The Balaban J connectivity index is 1.91. The Hall–Kier alpha value is -2.33. The Bertz CT molecular complexity index is 1020. The summed E-state index contributed by atoms with van der Waals surface area (Å²) in [6.45, 7) is 2.16. The van der Waals surface area contributed by atoms with Crippen molar-refractivity contribution in [3.63, 3.8) is 0 Å². The fourth-order valence-electron chi connectivity index (χ4n) is 2.69. The highest BCUT2D eigenvalue weighted by atomic mass is 35.5. The summed E-state index contributed by atoms with van der Waals surface area (Å²) in [6.07, 6.45) is 0.543. The molecule has 0 aromatic heterocycles. The summed E-state index contributed by atoms with van der Waals surface area (Å²) in [4.78, 5) is 24.1. The third-order valence-corrected chi connectivity index (χ3v) is 6.48. The quantitative estimate of drug-likeness (QED) is 0.383. The van der Waals surface area contributed by atoms with E-state index in [0.717, 1.165) is 0 Å². The van der Waals surface area contributed by atoms with Crippen molar-refractivity contribution in [2.24, 2.45) is 0 Å². The van der Waals surface area contributed by atoms with Crippen molar-refractivity contribution in [2.75, 3.05) is 18.9 Å². The molecule has 32 heavy (non-hydrogen) atoms. The maximum absolute atomic E-state index is 12.5. The number of halogens is 2. The Kier molecular flexibility index (Phi) is 9.77. The number of aliphatic carboxylic acids is 1. The molecule has 1 amide bonds. The Labute approximate surface area is 196 Å². The van der Waals surface area contributed by atoms with Crippen LogP contribution in [-0.4, -0.2) is 50.3 Å². The van der Waals surface area contributed by atoms with Gasteiger partial charge in [-0.15, -0.1) is 0 Å². The zero-order valence-corrected chi connectivity index (χ0v) is 19.6. The molecule has 0 heterocycles. The van der Waals surface area contributed by atoms with Crippen LogP contribution in [0.15, 0.2) is 42.5 Å². The van der Waals surface area contributed by atoms with Crippen LogP contribution in [0, 0.1) is 0 Å². The smallest absolute Gasteiger partial charge is 0.326 e. The lowest BCUT2D eigenvalue weighted by Gasteiger charge is -2.16. The highest BCUT2D eigenvalue weighted by Gasteiger charge is 2.23. The predicted molar refractivity (Wildman–Crippen MR) is 123 cm³/mol. The zero-order valence-electron chi connectivity index (χ0n) is 17.3. The SMILES string of the molecule is CCS(=O)(=O)NCCCOc1ccc(C[C@H](NC(=O)c2c(Cl)cccc2Cl)C(=O)O)cc1. The van der Waals surface area contributed by atoms with E-state index < -0.39 is 27.9 Å². The minimum atomic E-state index is -3.22. The van der Waals surface area contributed by atoms with Crippen LogP contribution >= 0.6 is 23.2 Å². The third kappa shape index (κ3) is 7.98. The number of ether oxygens (including phenoxy) is 1. The molecule has 2 rings (SSSR count). The molecule has 1 atom stereocenters. The predicted octanol–water partition coefficient (Wildman–Crippen LogP) is 3.13. The van der Waals surface area contributed by atoms with Crippen molar-refractivity contribution in [3.8, 4) is 5.75 Å². The zero-order chi connectivity index (χ0) is 23.7. The lowest BCUT2D eigenvalue weighted by Crippen LogP contribution is -2.42. The van der Waals surface area contributed by atoms with Crippen molar-refractivity contribution < 1.29 is 27.9 Å². The van der Waals surface area contributed by atoms with E-state index >= 15 is 0 Å². The number of rotatable bonds is 12. The first kappa shape index (κ1) is 25.9. The lowest BCUT2D eigenvalue weighted by molar-refractivity contribution is -0.139. The highest BCUT2D eigenvalue weighted by Crippen LogP contribution is 2.24. The van der Waals surface area contributed by atoms with Crippen molar-refractivity contribution in [3.05, 3.63) is 63.6 Å². The minimum Gasteiger partial charge on any atom is -0.494 e. The van der Waals surface area contributed by atoms with Gasteiger partial charge >= 0.3 is 5.97 Å². The molecule has 0 radical (unpaired) electrons. The first-order chi connectivity index (χ1) is 15.1. The number of hydrogen-bond acceptors (Lipinski definition) is 5. The van der Waals surface area contributed by atoms with Crippen molar-refractivity contribution >= 4 is 45.1 Å². The molecule has 3 N–H and O–H groups in total. The maximum atomic E-state index is 12.5. The number of nitrogens with one attached hydrogen (secondary N) is 2. The van der Waals surface area contributed by atoms with Gasteiger partial charge in [0.15, 0.2) is 0 Å². The topological polar surface area (TPSA) is 122 Å². The number of carboxylic acid groups (broad SMARTS) is 1. The fourth-order valence-corrected chi connectivity index (χ4v) is 3.92. The van der Waals surface area contributed by atoms with Gasteiger partial charge in [-0.2, -0.15) is 0 Å². The van der Waals surface area contributed by atoms with Gasteiger partial charge in [0.05, 0.1) is 28.0 Å². The van der Waals surface area contributed by atoms with E-state index in [-0.39, 0.29) is 34.3 Å². The van der Waals surface area contributed by atoms with Crippen molar-refractivity contribution in [1.29, 1.82) is 0 Å². The molecule has 0 saturated heterocycles. The first-order valence-corrected chi connectivity index (χ1v) is 12.2. The van der Waals surface area contributed by atoms with Crippen LogP contribution in [-0.2, 0) is 21.2 Å². The van der Waals surface area contributed by atoms with Crippen LogP contribution in [0.2, 0.25) is 10.0 Å². The average molecular weight is 503 g/mol. The molecular formula is C21H24Cl2N2O6S. The molecule has 0 aliphatic rings. The second-order valence-corrected chi connectivity index (χ2v) is 9.72. The normalized spacial score (nSPS) is 12.2. The number of carboxylic acids is 1. The van der Waals surface area contributed by atoms with E-state index in [2.05, 4.69) is 10.0 Å². The molecule has 2 aromatic carbocycles. The van der Waals surface area contributed by atoms with Gasteiger partial charge in [0.25, 0.3) is 5.91 Å². The lowest BCUT2D eigenvalue weighted by atomic mass is 10.1. The molecule has 2 aromatic rings. The van der Waals surface area contributed by atoms with Gasteiger partial charge in [0.2, 0.25) is 10.0 Å². The second kappa shape index (κ2) is 12.1. The van der Waals surface area contributed by atoms with Crippen molar-refractivity contribution in [2.45, 2.75) is 25.8 Å². The minimum absolute atomic E-state index is 0.0204. The van der Waals surface area contributed by atoms with Gasteiger partial charge in [-0.1, -0.05) is 41.4 Å². The van der Waals surface area contributed by atoms with Crippen LogP contribution in [0.1, 0.15) is 29.3 Å². The van der Waals surface area contributed by atoms with Gasteiger partial charge in [0, 0.05) is 13.0 Å². The van der Waals surface area contributed by atoms with E-state index in [1.807, 2.05) is 0 Å². The summed E-state index contributed by atoms with van der Waals surface area (Å²) < 4.78 is 30.7. The Morgan fingerprint density at radius 1 is 1.09 bits per heavy atom. The van der Waals surface area contributed by atoms with Crippen LogP contribution in [0.3, 0.4) is 0 Å². The number of sulfonamides is 1. The molecule has 8 nitrogen and oxygen atoms in total. The second-order valence-electron chi connectivity index (χ2n) is 6.81. The van der Waals surface area contributed by atoms with Gasteiger partial charge < -0.3 is 15.2 Å². The molecule has 11 heteroatoms. The number of carbonyl (C=O) groups is 2. The molecule has 0 aliphatic carbocycles. The van der Waals surface area contributed by atoms with E-state index in [0.29, 0.717) is 24.3 Å². The first-order valence-electron chi connectivity index (χ1n) is 9.79. The summed E-state index contributed by atoms with van der Waals surface area (Å²) >= 11 is 12.0. The molecular weight excluding hydrogens is 479 g/mol. The Morgan fingerprint density at radius 3 is 2.28 bits per heavy atom. The van der Waals surface area contributed by atoms with E-state index in [4.69, 9.17) is 27.9 Å². The summed E-state index contributed by atoms with van der Waals surface area (Å²) in [7, 11) is -3.22. The molecule has 0 aliphatic heterocycles. The molecule has 0 unspecified atom stereocenters. The molecule has 0 spiro atoms. The van der Waals surface area contributed by atoms with Gasteiger partial charge in [-0.3, -0.25) is 4.79 Å². The number of hydrogen-bond donors (Lipinski definition) is 3. The summed E-state index contributed by atoms with van der Waals surface area (Å²) in [5.74, 6) is -1.28. The fraction of sp³-hybridized carbons (Fsp3) is 0.333. The van der Waals surface area contributed by atoms with Gasteiger partial charge in [-0.25, -0.2) is 17.9 Å². The number of amides is 1. The number of carbonyl (C=O) groups excluding carboxylic acids is 1. The van der Waals surface area contributed by atoms with E-state index in [1.54, 1.807) is 37.3 Å². The highest BCUT2D eigenvalue weighted by molar-refractivity contribution is 7.89. The third-order valence-electron chi connectivity index (χ3n) is 4.45. The number of benzene rings is 2. The van der Waals surface area contributed by atoms with Crippen LogP contribution in [0.5, 0.6) is 5.75 Å². The maximum Gasteiger partial charge on any atom is 0.326 e. The molecule has 174 valence electrons. The molecule has 0 saturated carbocycles. The summed E-state index contributed by atoms with van der Waals surface area (Å²) in [5, 5.41) is 12.2. The Morgan fingerprint density at radius 2 is 1.72 bits per heavy atom. The van der Waals surface area contributed by atoms with E-state index in [9.17, 15) is 23.1 Å². The van der Waals surface area contributed by atoms with Crippen LogP contribution in [0.4, 0.5) is 0 Å². The van der Waals surface area contributed by atoms with Gasteiger partial charge in [-0.05, 0) is 43.2 Å². The standard InChI is InChI=1S/C21H24Cl2N2O6S/c1-2-32(29,30)24-11-4-12-31-15-9-7-14(8-10-15)13-18(21(27)28)25-20(26)19-16(22)5-3-6-17(19)23/h3,5-10,18,24H,2,4,11-13H2,1H3,(H,25,26)(H,27,28)/t18-/m0/s1. The van der Waals surface area contributed by atoms with E-state index in [1.165, 1.54) is 12.1 Å². The monoisotopic (exact) mass is 502 g/mol. The molecule has 0 fully saturated rings. The largest absolute Gasteiger partial charge is 0.494 e. The molecule has 0 bridgehead atoms. The summed E-state index contributed by atoms with van der Waals surface area (Å²) in [6, 6.07) is 10.1. The van der Waals surface area contributed by atoms with Crippen LogP contribution < -0.4 is 14.8 Å².